The second-order valence-electron chi connectivity index (χ2n) is 2.91. The fourth-order valence-electron chi connectivity index (χ4n) is 0.987. The predicted octanol–water partition coefficient (Wildman–Crippen LogP) is 2.07. The smallest absolute Gasteiger partial charge is 0.273 e. The molecule has 0 fully saturated rings. The number of rotatable bonds is 2. The summed E-state index contributed by atoms with van der Waals surface area (Å²) in [5.74, 6) is 0. The largest absolute Gasteiger partial charge is 0.343 e. The molecule has 0 atom stereocenters. The molecule has 0 aliphatic carbocycles. The van der Waals surface area contributed by atoms with Gasteiger partial charge in [0.25, 0.3) is 0 Å². The van der Waals surface area contributed by atoms with Gasteiger partial charge in [-0.2, -0.15) is 0 Å². The summed E-state index contributed by atoms with van der Waals surface area (Å²) in [5, 5.41) is 8.02. The van der Waals surface area contributed by atoms with E-state index < -0.39 is 0 Å². The van der Waals surface area contributed by atoms with Gasteiger partial charge in [-0.25, -0.2) is 14.9 Å². The molecule has 84 valence electrons. The molecule has 5 nitrogen and oxygen atoms in total. The van der Waals surface area contributed by atoms with Crippen LogP contribution in [0.15, 0.2) is 31.7 Å². The lowest BCUT2D eigenvalue weighted by Crippen LogP contribution is -2.12. The lowest BCUT2D eigenvalue weighted by molar-refractivity contribution is 0.764. The van der Waals surface area contributed by atoms with Crippen molar-refractivity contribution in [2.24, 2.45) is 7.05 Å². The molecule has 2 heterocycles. The normalized spacial score (nSPS) is 10.7. The van der Waals surface area contributed by atoms with E-state index in [1.165, 1.54) is 16.3 Å². The minimum Gasteiger partial charge on any atom is -0.273 e. The standard InChI is InChI=1S/C8H6BrClN4OS/c1-14-7(15)12-13-8(14)16-6-5(9)2-4(10)3-11-6/h2-3H,1H3,(H,12,15). The fraction of sp³-hybridized carbons (Fsp3) is 0.125. The minimum atomic E-state index is -0.257. The van der Waals surface area contributed by atoms with Crippen LogP contribution in [0.1, 0.15) is 0 Å². The van der Waals surface area contributed by atoms with Crippen molar-refractivity contribution in [3.05, 3.63) is 32.2 Å². The maximum absolute atomic E-state index is 11.1. The van der Waals surface area contributed by atoms with E-state index in [0.29, 0.717) is 15.2 Å². The second-order valence-corrected chi connectivity index (χ2v) is 5.16. The number of hydrogen-bond acceptors (Lipinski definition) is 4. The number of nitrogens with zero attached hydrogens (tertiary/aromatic N) is 3. The molecule has 0 aliphatic heterocycles. The van der Waals surface area contributed by atoms with E-state index in [1.54, 1.807) is 19.3 Å². The Bertz CT molecular complexity index is 582. The van der Waals surface area contributed by atoms with Crippen LogP contribution in [0.5, 0.6) is 0 Å². The van der Waals surface area contributed by atoms with E-state index >= 15 is 0 Å². The van der Waals surface area contributed by atoms with Gasteiger partial charge in [0, 0.05) is 13.2 Å². The van der Waals surface area contributed by atoms with Gasteiger partial charge in [-0.05, 0) is 33.8 Å². The third kappa shape index (κ3) is 2.31. The third-order valence-corrected chi connectivity index (χ3v) is 3.94. The van der Waals surface area contributed by atoms with Crippen molar-refractivity contribution in [2.75, 3.05) is 0 Å². The fourth-order valence-corrected chi connectivity index (χ4v) is 2.61. The molecule has 16 heavy (non-hydrogen) atoms. The maximum atomic E-state index is 11.1. The van der Waals surface area contributed by atoms with Crippen molar-refractivity contribution >= 4 is 39.3 Å². The van der Waals surface area contributed by atoms with Gasteiger partial charge >= 0.3 is 5.69 Å². The first-order chi connectivity index (χ1) is 7.58. The van der Waals surface area contributed by atoms with Crippen molar-refractivity contribution < 1.29 is 0 Å². The zero-order valence-electron chi connectivity index (χ0n) is 8.07. The van der Waals surface area contributed by atoms with Crippen LogP contribution >= 0.6 is 39.3 Å². The summed E-state index contributed by atoms with van der Waals surface area (Å²) in [5.41, 5.74) is -0.257. The molecule has 2 aromatic rings. The van der Waals surface area contributed by atoms with Crippen LogP contribution in [0.25, 0.3) is 0 Å². The highest BCUT2D eigenvalue weighted by molar-refractivity contribution is 9.10. The van der Waals surface area contributed by atoms with Crippen LogP contribution in [0.2, 0.25) is 5.02 Å². The van der Waals surface area contributed by atoms with Gasteiger partial charge in [-0.15, -0.1) is 5.10 Å². The van der Waals surface area contributed by atoms with Crippen molar-refractivity contribution in [2.45, 2.75) is 10.2 Å². The molecule has 8 heteroatoms. The molecule has 0 aliphatic rings. The van der Waals surface area contributed by atoms with Gasteiger partial charge in [0.15, 0.2) is 5.16 Å². The Morgan fingerprint density at radius 1 is 1.62 bits per heavy atom. The monoisotopic (exact) mass is 320 g/mol. The van der Waals surface area contributed by atoms with Gasteiger partial charge in [-0.3, -0.25) is 4.57 Å². The zero-order valence-corrected chi connectivity index (χ0v) is 11.2. The highest BCUT2D eigenvalue weighted by atomic mass is 79.9. The molecule has 0 saturated heterocycles. The Hall–Kier alpha value is -0.790. The first kappa shape index (κ1) is 11.7. The molecule has 0 spiro atoms. The Labute approximate surface area is 108 Å². The van der Waals surface area contributed by atoms with E-state index in [1.807, 2.05) is 0 Å². The molecule has 0 amide bonds. The molecule has 0 bridgehead atoms. The predicted molar refractivity (Wildman–Crippen MR) is 64.9 cm³/mol. The molecule has 0 radical (unpaired) electrons. The molecule has 0 saturated carbocycles. The topological polar surface area (TPSA) is 63.6 Å². The summed E-state index contributed by atoms with van der Waals surface area (Å²) < 4.78 is 2.17. The number of nitrogens with one attached hydrogen (secondary N) is 1. The molecular weight excluding hydrogens is 316 g/mol. The number of aromatic amines is 1. The van der Waals surface area contributed by atoms with E-state index in [2.05, 4.69) is 31.1 Å². The average molecular weight is 322 g/mol. The van der Waals surface area contributed by atoms with Gasteiger partial charge < -0.3 is 0 Å². The number of aromatic nitrogens is 4. The van der Waals surface area contributed by atoms with Crippen molar-refractivity contribution in [3.63, 3.8) is 0 Å². The molecule has 0 unspecified atom stereocenters. The second kappa shape index (κ2) is 4.60. The van der Waals surface area contributed by atoms with Crippen LogP contribution < -0.4 is 5.69 Å². The van der Waals surface area contributed by atoms with E-state index in [4.69, 9.17) is 11.6 Å². The average Bonchev–Trinajstić information content (AvgIpc) is 2.54. The van der Waals surface area contributed by atoms with Crippen LogP contribution in [0.4, 0.5) is 0 Å². The summed E-state index contributed by atoms with van der Waals surface area (Å²) in [4.78, 5) is 15.3. The first-order valence-electron chi connectivity index (χ1n) is 4.18. The molecule has 1 N–H and O–H groups in total. The Morgan fingerprint density at radius 2 is 2.38 bits per heavy atom. The summed E-state index contributed by atoms with van der Waals surface area (Å²) in [7, 11) is 1.64. The van der Waals surface area contributed by atoms with E-state index in [0.717, 1.165) is 4.47 Å². The van der Waals surface area contributed by atoms with E-state index in [-0.39, 0.29) is 5.69 Å². The van der Waals surface area contributed by atoms with Crippen LogP contribution in [0, 0.1) is 0 Å². The van der Waals surface area contributed by atoms with Crippen LogP contribution in [-0.4, -0.2) is 19.7 Å². The highest BCUT2D eigenvalue weighted by Crippen LogP contribution is 2.30. The van der Waals surface area contributed by atoms with E-state index in [9.17, 15) is 4.79 Å². The number of pyridine rings is 1. The summed E-state index contributed by atoms with van der Waals surface area (Å²) >= 11 is 10.4. The molecule has 2 aromatic heterocycles. The molecule has 0 aromatic carbocycles. The summed E-state index contributed by atoms with van der Waals surface area (Å²) in [6.07, 6.45) is 1.54. The number of halogens is 2. The molecule has 2 rings (SSSR count). The van der Waals surface area contributed by atoms with Gasteiger partial charge in [0.1, 0.15) is 5.03 Å². The van der Waals surface area contributed by atoms with Gasteiger partial charge in [-0.1, -0.05) is 11.6 Å². The van der Waals surface area contributed by atoms with Crippen molar-refractivity contribution in [1.29, 1.82) is 0 Å². The Balaban J connectivity index is 2.34. The lowest BCUT2D eigenvalue weighted by Gasteiger charge is -2.01. The number of hydrogen-bond donors (Lipinski definition) is 1. The quantitative estimate of drug-likeness (QED) is 0.920. The lowest BCUT2D eigenvalue weighted by atomic mass is 10.5. The number of H-pyrrole nitrogens is 1. The minimum absolute atomic E-state index is 0.257. The van der Waals surface area contributed by atoms with Gasteiger partial charge in [0.05, 0.1) is 9.50 Å². The van der Waals surface area contributed by atoms with Gasteiger partial charge in [0.2, 0.25) is 0 Å². The highest BCUT2D eigenvalue weighted by Gasteiger charge is 2.10. The Morgan fingerprint density at radius 3 is 2.94 bits per heavy atom. The van der Waals surface area contributed by atoms with Crippen molar-refractivity contribution in [3.8, 4) is 0 Å². The SMILES string of the molecule is Cn1c(Sc2ncc(Cl)cc2Br)n[nH]c1=O. The summed E-state index contributed by atoms with van der Waals surface area (Å²) in [6, 6.07) is 1.74. The van der Waals surface area contributed by atoms with Crippen LogP contribution in [-0.2, 0) is 7.05 Å². The maximum Gasteiger partial charge on any atom is 0.343 e. The van der Waals surface area contributed by atoms with Crippen LogP contribution in [0.3, 0.4) is 0 Å². The zero-order chi connectivity index (χ0) is 11.7. The summed E-state index contributed by atoms with van der Waals surface area (Å²) in [6.45, 7) is 0. The first-order valence-corrected chi connectivity index (χ1v) is 6.17. The van der Waals surface area contributed by atoms with Crippen molar-refractivity contribution in [1.82, 2.24) is 19.7 Å². The Kier molecular flexibility index (Phi) is 3.36. The molecular formula is C8H6BrClN4OS. The third-order valence-electron chi connectivity index (χ3n) is 1.80.